The number of hydrogen-bond acceptors (Lipinski definition) is 4. The van der Waals surface area contributed by atoms with E-state index in [9.17, 15) is 4.79 Å². The Kier molecular flexibility index (Phi) is 4.78. The van der Waals surface area contributed by atoms with E-state index in [1.165, 1.54) is 0 Å². The summed E-state index contributed by atoms with van der Waals surface area (Å²) in [6, 6.07) is 1.73. The fourth-order valence-corrected chi connectivity index (χ4v) is 1.56. The first kappa shape index (κ1) is 14.6. The van der Waals surface area contributed by atoms with Gasteiger partial charge in [0.2, 0.25) is 0 Å². The van der Waals surface area contributed by atoms with Crippen LogP contribution in [0.3, 0.4) is 0 Å². The molecule has 18 heavy (non-hydrogen) atoms. The second-order valence-electron chi connectivity index (χ2n) is 5.29. The van der Waals surface area contributed by atoms with Crippen LogP contribution in [0.15, 0.2) is 16.7 Å². The Labute approximate surface area is 108 Å². The van der Waals surface area contributed by atoms with Crippen molar-refractivity contribution in [2.24, 2.45) is 5.73 Å². The molecular weight excluding hydrogens is 232 g/mol. The van der Waals surface area contributed by atoms with Crippen LogP contribution in [-0.4, -0.2) is 24.3 Å². The van der Waals surface area contributed by atoms with Gasteiger partial charge in [-0.1, -0.05) is 0 Å². The van der Waals surface area contributed by atoms with E-state index in [0.717, 1.165) is 11.3 Å². The quantitative estimate of drug-likeness (QED) is 0.861. The van der Waals surface area contributed by atoms with E-state index >= 15 is 0 Å². The molecule has 1 heterocycles. The van der Waals surface area contributed by atoms with Crippen LogP contribution >= 0.6 is 0 Å². The fraction of sp³-hybridized carbons (Fsp3) is 0.615. The van der Waals surface area contributed by atoms with Gasteiger partial charge in [0.15, 0.2) is 0 Å². The van der Waals surface area contributed by atoms with Gasteiger partial charge in [0.25, 0.3) is 0 Å². The molecular formula is C13H22N2O3. The highest BCUT2D eigenvalue weighted by Gasteiger charge is 2.19. The molecule has 1 atom stereocenters. The molecule has 1 rings (SSSR count). The molecule has 0 fully saturated rings. The number of hydrogen-bond donors (Lipinski definition) is 2. The summed E-state index contributed by atoms with van der Waals surface area (Å²) in [5, 5.41) is 2.76. The zero-order valence-corrected chi connectivity index (χ0v) is 11.4. The van der Waals surface area contributed by atoms with Crippen LogP contribution in [-0.2, 0) is 11.2 Å². The molecule has 0 saturated carbocycles. The van der Waals surface area contributed by atoms with Crippen LogP contribution in [0.4, 0.5) is 4.79 Å². The molecule has 0 radical (unpaired) electrons. The second-order valence-corrected chi connectivity index (χ2v) is 5.29. The highest BCUT2D eigenvalue weighted by atomic mass is 16.6. The van der Waals surface area contributed by atoms with Gasteiger partial charge in [0.1, 0.15) is 11.4 Å². The summed E-state index contributed by atoms with van der Waals surface area (Å²) in [5.74, 6) is 0.847. The van der Waals surface area contributed by atoms with Crippen LogP contribution < -0.4 is 11.1 Å². The summed E-state index contributed by atoms with van der Waals surface area (Å²) in [7, 11) is 0. The van der Waals surface area contributed by atoms with E-state index in [-0.39, 0.29) is 6.04 Å². The third-order valence-electron chi connectivity index (χ3n) is 2.44. The smallest absolute Gasteiger partial charge is 0.407 e. The second kappa shape index (κ2) is 5.91. The monoisotopic (exact) mass is 254 g/mol. The molecule has 0 spiro atoms. The Morgan fingerprint density at radius 3 is 2.67 bits per heavy atom. The first-order chi connectivity index (χ1) is 8.31. The molecule has 1 amide bonds. The SMILES string of the molecule is Cc1occc1CC(CN)NC(=O)OC(C)(C)C. The number of rotatable bonds is 4. The average Bonchev–Trinajstić information content (AvgIpc) is 2.60. The van der Waals surface area contributed by atoms with Crippen molar-refractivity contribution in [3.63, 3.8) is 0 Å². The van der Waals surface area contributed by atoms with Gasteiger partial charge in [0, 0.05) is 12.6 Å². The molecule has 0 aliphatic rings. The van der Waals surface area contributed by atoms with Crippen molar-refractivity contribution in [1.82, 2.24) is 5.32 Å². The number of carbonyl (C=O) groups is 1. The largest absolute Gasteiger partial charge is 0.469 e. The predicted molar refractivity (Wildman–Crippen MR) is 69.4 cm³/mol. The molecule has 0 bridgehead atoms. The summed E-state index contributed by atoms with van der Waals surface area (Å²) in [5.41, 5.74) is 6.19. The Balaban J connectivity index is 2.52. The highest BCUT2D eigenvalue weighted by molar-refractivity contribution is 5.68. The van der Waals surface area contributed by atoms with Gasteiger partial charge in [-0.15, -0.1) is 0 Å². The van der Waals surface area contributed by atoms with E-state index in [0.29, 0.717) is 13.0 Å². The fourth-order valence-electron chi connectivity index (χ4n) is 1.56. The predicted octanol–water partition coefficient (Wildman–Crippen LogP) is 1.98. The molecule has 0 saturated heterocycles. The summed E-state index contributed by atoms with van der Waals surface area (Å²) in [6.07, 6.45) is 1.82. The van der Waals surface area contributed by atoms with Crippen molar-refractivity contribution < 1.29 is 13.9 Å². The van der Waals surface area contributed by atoms with Crippen molar-refractivity contribution in [2.75, 3.05) is 6.54 Å². The van der Waals surface area contributed by atoms with Crippen LogP contribution in [0.25, 0.3) is 0 Å². The zero-order chi connectivity index (χ0) is 13.8. The number of ether oxygens (including phenoxy) is 1. The van der Waals surface area contributed by atoms with Gasteiger partial charge in [-0.3, -0.25) is 0 Å². The van der Waals surface area contributed by atoms with Crippen LogP contribution in [0.5, 0.6) is 0 Å². The standard InChI is InChI=1S/C13H22N2O3/c1-9-10(5-6-17-9)7-11(8-14)15-12(16)18-13(2,3)4/h5-6,11H,7-8,14H2,1-4H3,(H,15,16). The minimum absolute atomic E-state index is 0.156. The van der Waals surface area contributed by atoms with Gasteiger partial charge in [-0.05, 0) is 45.7 Å². The summed E-state index contributed by atoms with van der Waals surface area (Å²) < 4.78 is 10.4. The van der Waals surface area contributed by atoms with E-state index in [1.807, 2.05) is 33.8 Å². The van der Waals surface area contributed by atoms with Crippen LogP contribution in [0.1, 0.15) is 32.1 Å². The third-order valence-corrected chi connectivity index (χ3v) is 2.44. The molecule has 1 unspecified atom stereocenters. The molecule has 0 aliphatic carbocycles. The van der Waals surface area contributed by atoms with Crippen molar-refractivity contribution in [1.29, 1.82) is 0 Å². The maximum Gasteiger partial charge on any atom is 0.407 e. The van der Waals surface area contributed by atoms with Crippen molar-refractivity contribution in [3.05, 3.63) is 23.7 Å². The van der Waals surface area contributed by atoms with Gasteiger partial charge < -0.3 is 20.2 Å². The summed E-state index contributed by atoms with van der Waals surface area (Å²) >= 11 is 0. The minimum atomic E-state index is -0.505. The lowest BCUT2D eigenvalue weighted by molar-refractivity contribution is 0.0506. The molecule has 5 nitrogen and oxygen atoms in total. The van der Waals surface area contributed by atoms with Gasteiger partial charge >= 0.3 is 6.09 Å². The number of nitrogens with two attached hydrogens (primary N) is 1. The number of amides is 1. The third kappa shape index (κ3) is 4.79. The molecule has 0 aliphatic heterocycles. The number of carbonyl (C=O) groups excluding carboxylic acids is 1. The normalized spacial score (nSPS) is 13.2. The van der Waals surface area contributed by atoms with E-state index < -0.39 is 11.7 Å². The number of aryl methyl sites for hydroxylation is 1. The van der Waals surface area contributed by atoms with E-state index in [2.05, 4.69) is 5.32 Å². The Bertz CT molecular complexity index is 393. The minimum Gasteiger partial charge on any atom is -0.469 e. The number of nitrogens with one attached hydrogen (secondary N) is 1. The van der Waals surface area contributed by atoms with E-state index in [1.54, 1.807) is 6.26 Å². The topological polar surface area (TPSA) is 77.5 Å². The molecule has 1 aromatic rings. The first-order valence-electron chi connectivity index (χ1n) is 6.04. The first-order valence-corrected chi connectivity index (χ1v) is 6.04. The summed E-state index contributed by atoms with van der Waals surface area (Å²) in [6.45, 7) is 7.71. The Hall–Kier alpha value is -1.49. The Morgan fingerprint density at radius 1 is 1.56 bits per heavy atom. The Morgan fingerprint density at radius 2 is 2.22 bits per heavy atom. The van der Waals surface area contributed by atoms with E-state index in [4.69, 9.17) is 14.9 Å². The van der Waals surface area contributed by atoms with Crippen LogP contribution in [0, 0.1) is 6.92 Å². The number of alkyl carbamates (subject to hydrolysis) is 1. The lowest BCUT2D eigenvalue weighted by Gasteiger charge is -2.22. The summed E-state index contributed by atoms with van der Waals surface area (Å²) in [4.78, 5) is 11.6. The molecule has 1 aromatic heterocycles. The van der Waals surface area contributed by atoms with Gasteiger partial charge in [-0.25, -0.2) is 4.79 Å². The average molecular weight is 254 g/mol. The lowest BCUT2D eigenvalue weighted by atomic mass is 10.1. The lowest BCUT2D eigenvalue weighted by Crippen LogP contribution is -2.44. The highest BCUT2D eigenvalue weighted by Crippen LogP contribution is 2.12. The molecule has 0 aromatic carbocycles. The van der Waals surface area contributed by atoms with Gasteiger partial charge in [0.05, 0.1) is 6.26 Å². The number of furan rings is 1. The molecule has 5 heteroatoms. The van der Waals surface area contributed by atoms with Crippen molar-refractivity contribution >= 4 is 6.09 Å². The maximum atomic E-state index is 11.6. The molecule has 102 valence electrons. The van der Waals surface area contributed by atoms with Crippen molar-refractivity contribution in [3.8, 4) is 0 Å². The zero-order valence-electron chi connectivity index (χ0n) is 11.4. The maximum absolute atomic E-state index is 11.6. The van der Waals surface area contributed by atoms with Crippen molar-refractivity contribution in [2.45, 2.75) is 45.8 Å². The molecule has 3 N–H and O–H groups in total. The van der Waals surface area contributed by atoms with Gasteiger partial charge in [-0.2, -0.15) is 0 Å². The van der Waals surface area contributed by atoms with Crippen LogP contribution in [0.2, 0.25) is 0 Å².